The van der Waals surface area contributed by atoms with Crippen molar-refractivity contribution in [1.29, 1.82) is 0 Å². The smallest absolute Gasteiger partial charge is 0.310 e. The Kier molecular flexibility index (Phi) is 3.99. The summed E-state index contributed by atoms with van der Waals surface area (Å²) in [5.41, 5.74) is 0.461. The van der Waals surface area contributed by atoms with E-state index in [0.717, 1.165) is 0 Å². The first-order valence-corrected chi connectivity index (χ1v) is 6.02. The van der Waals surface area contributed by atoms with Crippen LogP contribution in [-0.4, -0.2) is 49.1 Å². The molecule has 2 heterocycles. The average molecular weight is 264 g/mol. The van der Waals surface area contributed by atoms with Crippen LogP contribution < -0.4 is 4.74 Å². The highest BCUT2D eigenvalue weighted by Gasteiger charge is 2.32. The number of methoxy groups -OCH3 is 2. The highest BCUT2D eigenvalue weighted by atomic mass is 16.5. The van der Waals surface area contributed by atoms with Gasteiger partial charge in [-0.1, -0.05) is 0 Å². The molecule has 1 aliphatic rings. The van der Waals surface area contributed by atoms with Gasteiger partial charge in [0.2, 0.25) is 0 Å². The minimum Gasteiger partial charge on any atom is -0.494 e. The van der Waals surface area contributed by atoms with Crippen LogP contribution in [0.5, 0.6) is 5.75 Å². The van der Waals surface area contributed by atoms with E-state index < -0.39 is 0 Å². The molecule has 1 aromatic rings. The molecule has 0 spiro atoms. The Labute approximate surface area is 111 Å². The van der Waals surface area contributed by atoms with E-state index in [4.69, 9.17) is 9.47 Å². The molecule has 1 atom stereocenters. The summed E-state index contributed by atoms with van der Waals surface area (Å²) in [6.07, 6.45) is 3.68. The van der Waals surface area contributed by atoms with Crippen LogP contribution in [-0.2, 0) is 9.53 Å². The molecule has 2 rings (SSSR count). The summed E-state index contributed by atoms with van der Waals surface area (Å²) in [6.45, 7) is 0.932. The Balaban J connectivity index is 2.11. The zero-order chi connectivity index (χ0) is 13.8. The Morgan fingerprint density at radius 2 is 2.21 bits per heavy atom. The quantitative estimate of drug-likeness (QED) is 0.753. The maximum absolute atomic E-state index is 12.3. The lowest BCUT2D eigenvalue weighted by atomic mass is 10.1. The number of pyridine rings is 1. The van der Waals surface area contributed by atoms with Crippen LogP contribution in [0.3, 0.4) is 0 Å². The molecule has 0 radical (unpaired) electrons. The first-order valence-electron chi connectivity index (χ1n) is 6.02. The van der Waals surface area contributed by atoms with Gasteiger partial charge in [-0.2, -0.15) is 0 Å². The lowest BCUT2D eigenvalue weighted by Crippen LogP contribution is -2.30. The third kappa shape index (κ3) is 2.67. The molecular weight excluding hydrogens is 248 g/mol. The number of carbonyl (C=O) groups is 2. The van der Waals surface area contributed by atoms with Crippen molar-refractivity contribution in [2.45, 2.75) is 6.42 Å². The van der Waals surface area contributed by atoms with E-state index in [9.17, 15) is 9.59 Å². The minimum absolute atomic E-state index is 0.148. The van der Waals surface area contributed by atoms with Gasteiger partial charge in [0.1, 0.15) is 5.75 Å². The van der Waals surface area contributed by atoms with E-state index in [2.05, 4.69) is 4.98 Å². The zero-order valence-electron chi connectivity index (χ0n) is 11.0. The second kappa shape index (κ2) is 5.69. The molecule has 1 unspecified atom stereocenters. The highest BCUT2D eigenvalue weighted by molar-refractivity contribution is 5.97. The monoisotopic (exact) mass is 264 g/mol. The van der Waals surface area contributed by atoms with Crippen molar-refractivity contribution in [3.63, 3.8) is 0 Å². The second-order valence-corrected chi connectivity index (χ2v) is 4.34. The summed E-state index contributed by atoms with van der Waals surface area (Å²) >= 11 is 0. The molecule has 19 heavy (non-hydrogen) atoms. The molecule has 1 aliphatic heterocycles. The third-order valence-corrected chi connectivity index (χ3v) is 3.24. The van der Waals surface area contributed by atoms with Crippen molar-refractivity contribution in [3.8, 4) is 5.75 Å². The van der Waals surface area contributed by atoms with Gasteiger partial charge in [-0.05, 0) is 12.5 Å². The van der Waals surface area contributed by atoms with Crippen LogP contribution in [0.25, 0.3) is 0 Å². The topological polar surface area (TPSA) is 68.7 Å². The Morgan fingerprint density at radius 1 is 1.42 bits per heavy atom. The van der Waals surface area contributed by atoms with Crippen molar-refractivity contribution in [3.05, 3.63) is 24.0 Å². The number of likely N-dealkylation sites (tertiary alicyclic amines) is 1. The largest absolute Gasteiger partial charge is 0.494 e. The van der Waals surface area contributed by atoms with Crippen molar-refractivity contribution >= 4 is 11.9 Å². The first kappa shape index (κ1) is 13.3. The van der Waals surface area contributed by atoms with E-state index in [1.165, 1.54) is 20.4 Å². The number of rotatable bonds is 3. The van der Waals surface area contributed by atoms with Gasteiger partial charge in [-0.15, -0.1) is 0 Å². The molecule has 0 saturated carbocycles. The van der Waals surface area contributed by atoms with Crippen LogP contribution in [0.2, 0.25) is 0 Å². The number of ether oxygens (including phenoxy) is 2. The fourth-order valence-corrected chi connectivity index (χ4v) is 2.19. The number of hydrogen-bond donors (Lipinski definition) is 0. The van der Waals surface area contributed by atoms with Gasteiger partial charge in [0, 0.05) is 19.3 Å². The van der Waals surface area contributed by atoms with Crippen LogP contribution in [0.1, 0.15) is 16.8 Å². The molecule has 0 bridgehead atoms. The Hall–Kier alpha value is -2.11. The lowest BCUT2D eigenvalue weighted by molar-refractivity contribution is -0.144. The maximum atomic E-state index is 12.3. The van der Waals surface area contributed by atoms with E-state index in [1.54, 1.807) is 17.2 Å². The number of amides is 1. The molecule has 6 heteroatoms. The van der Waals surface area contributed by atoms with Gasteiger partial charge in [-0.25, -0.2) is 0 Å². The van der Waals surface area contributed by atoms with Gasteiger partial charge in [0.15, 0.2) is 0 Å². The standard InChI is InChI=1S/C13H16N2O4/c1-18-11-7-14-5-3-10(11)12(16)15-6-4-9(8-15)13(17)19-2/h3,5,7,9H,4,6,8H2,1-2H3. The van der Waals surface area contributed by atoms with Crippen molar-refractivity contribution in [2.24, 2.45) is 5.92 Å². The van der Waals surface area contributed by atoms with Crippen LogP contribution >= 0.6 is 0 Å². The summed E-state index contributed by atoms with van der Waals surface area (Å²) in [5.74, 6) is -0.210. The van der Waals surface area contributed by atoms with Crippen LogP contribution in [0, 0.1) is 5.92 Å². The average Bonchev–Trinajstić information content (AvgIpc) is 2.95. The van der Waals surface area contributed by atoms with Crippen molar-refractivity contribution in [2.75, 3.05) is 27.3 Å². The molecule has 0 aromatic carbocycles. The molecular formula is C13H16N2O4. The molecule has 0 aliphatic carbocycles. The predicted molar refractivity (Wildman–Crippen MR) is 66.8 cm³/mol. The summed E-state index contributed by atoms with van der Waals surface area (Å²) in [5, 5.41) is 0. The summed E-state index contributed by atoms with van der Waals surface area (Å²) < 4.78 is 9.82. The summed E-state index contributed by atoms with van der Waals surface area (Å²) in [7, 11) is 2.85. The fraction of sp³-hybridized carbons (Fsp3) is 0.462. The van der Waals surface area contributed by atoms with E-state index in [0.29, 0.717) is 30.8 Å². The third-order valence-electron chi connectivity index (χ3n) is 3.24. The molecule has 6 nitrogen and oxygen atoms in total. The van der Waals surface area contributed by atoms with Crippen molar-refractivity contribution < 1.29 is 19.1 Å². The van der Waals surface area contributed by atoms with E-state index >= 15 is 0 Å². The zero-order valence-corrected chi connectivity index (χ0v) is 11.0. The molecule has 1 amide bonds. The number of aromatic nitrogens is 1. The van der Waals surface area contributed by atoms with Gasteiger partial charge in [0.05, 0.1) is 31.9 Å². The minimum atomic E-state index is -0.267. The van der Waals surface area contributed by atoms with Crippen LogP contribution in [0.4, 0.5) is 0 Å². The number of hydrogen-bond acceptors (Lipinski definition) is 5. The predicted octanol–water partition coefficient (Wildman–Crippen LogP) is 0.725. The van der Waals surface area contributed by atoms with E-state index in [-0.39, 0.29) is 17.8 Å². The number of carbonyl (C=O) groups excluding carboxylic acids is 2. The number of esters is 1. The van der Waals surface area contributed by atoms with E-state index in [1.807, 2.05) is 0 Å². The Morgan fingerprint density at radius 3 is 2.89 bits per heavy atom. The lowest BCUT2D eigenvalue weighted by Gasteiger charge is -2.17. The molecule has 0 N–H and O–H groups in total. The Bertz CT molecular complexity index is 489. The van der Waals surface area contributed by atoms with Gasteiger partial charge < -0.3 is 14.4 Å². The fourth-order valence-electron chi connectivity index (χ4n) is 2.19. The SMILES string of the molecule is COC(=O)C1CCN(C(=O)c2ccncc2OC)C1. The molecule has 1 fully saturated rings. The van der Waals surface area contributed by atoms with Gasteiger partial charge >= 0.3 is 5.97 Å². The maximum Gasteiger partial charge on any atom is 0.310 e. The van der Waals surface area contributed by atoms with Gasteiger partial charge in [0.25, 0.3) is 5.91 Å². The second-order valence-electron chi connectivity index (χ2n) is 4.34. The summed E-state index contributed by atoms with van der Waals surface area (Å²) in [6, 6.07) is 1.62. The van der Waals surface area contributed by atoms with Crippen LogP contribution in [0.15, 0.2) is 18.5 Å². The highest BCUT2D eigenvalue weighted by Crippen LogP contribution is 2.23. The first-order chi connectivity index (χ1) is 9.17. The summed E-state index contributed by atoms with van der Waals surface area (Å²) in [4.78, 5) is 29.3. The normalized spacial score (nSPS) is 18.2. The van der Waals surface area contributed by atoms with Gasteiger partial charge in [-0.3, -0.25) is 14.6 Å². The molecule has 1 aromatic heterocycles. The molecule has 102 valence electrons. The van der Waals surface area contributed by atoms with Crippen molar-refractivity contribution in [1.82, 2.24) is 9.88 Å². The number of nitrogens with zero attached hydrogens (tertiary/aromatic N) is 2. The molecule has 1 saturated heterocycles.